The van der Waals surface area contributed by atoms with Gasteiger partial charge in [0.1, 0.15) is 0 Å². The van der Waals surface area contributed by atoms with E-state index >= 15 is 0 Å². The van der Waals surface area contributed by atoms with Gasteiger partial charge in [0, 0.05) is 6.42 Å². The molecule has 4 nitrogen and oxygen atoms in total. The van der Waals surface area contributed by atoms with Crippen molar-refractivity contribution < 1.29 is 15.0 Å². The van der Waals surface area contributed by atoms with Crippen molar-refractivity contribution in [3.05, 3.63) is 122 Å². The molecular formula is C50H81NO3. The number of unbranched alkanes of at least 4 members (excludes halogenated alkanes) is 12. The molecule has 0 saturated carbocycles. The third-order valence-electron chi connectivity index (χ3n) is 8.93. The maximum atomic E-state index is 12.4. The summed E-state index contributed by atoms with van der Waals surface area (Å²) < 4.78 is 0. The number of rotatable bonds is 37. The number of carbonyl (C=O) groups is 1. The molecule has 0 fully saturated rings. The van der Waals surface area contributed by atoms with Crippen LogP contribution in [0.4, 0.5) is 0 Å². The van der Waals surface area contributed by atoms with Crippen LogP contribution in [0.5, 0.6) is 0 Å². The Balaban J connectivity index is 3.76. The summed E-state index contributed by atoms with van der Waals surface area (Å²) in [6.07, 6.45) is 68.7. The van der Waals surface area contributed by atoms with Gasteiger partial charge < -0.3 is 15.5 Å². The lowest BCUT2D eigenvalue weighted by molar-refractivity contribution is -0.123. The van der Waals surface area contributed by atoms with Gasteiger partial charge in [-0.3, -0.25) is 4.79 Å². The van der Waals surface area contributed by atoms with Gasteiger partial charge in [0.25, 0.3) is 0 Å². The van der Waals surface area contributed by atoms with Gasteiger partial charge in [0.15, 0.2) is 0 Å². The molecular weight excluding hydrogens is 663 g/mol. The number of hydrogen-bond acceptors (Lipinski definition) is 3. The first-order valence-electron chi connectivity index (χ1n) is 21.7. The largest absolute Gasteiger partial charge is 0.394 e. The molecule has 0 aromatic heterocycles. The van der Waals surface area contributed by atoms with E-state index in [0.29, 0.717) is 6.42 Å². The zero-order valence-corrected chi connectivity index (χ0v) is 34.7. The monoisotopic (exact) mass is 744 g/mol. The smallest absolute Gasteiger partial charge is 0.220 e. The molecule has 1 amide bonds. The van der Waals surface area contributed by atoms with Crippen LogP contribution in [0.2, 0.25) is 0 Å². The van der Waals surface area contributed by atoms with Crippen molar-refractivity contribution in [2.24, 2.45) is 0 Å². The molecule has 0 heterocycles. The Morgan fingerprint density at radius 3 is 1.30 bits per heavy atom. The van der Waals surface area contributed by atoms with Crippen molar-refractivity contribution in [1.29, 1.82) is 0 Å². The fraction of sp³-hybridized carbons (Fsp3) is 0.580. The highest BCUT2D eigenvalue weighted by atomic mass is 16.3. The van der Waals surface area contributed by atoms with E-state index in [0.717, 1.165) is 103 Å². The first-order valence-corrected chi connectivity index (χ1v) is 21.7. The summed E-state index contributed by atoms with van der Waals surface area (Å²) in [5, 5.41) is 22.9. The summed E-state index contributed by atoms with van der Waals surface area (Å²) in [5.74, 6) is -0.106. The van der Waals surface area contributed by atoms with E-state index in [-0.39, 0.29) is 12.5 Å². The minimum absolute atomic E-state index is 0.106. The predicted molar refractivity (Wildman–Crippen MR) is 239 cm³/mol. The fourth-order valence-corrected chi connectivity index (χ4v) is 5.62. The lowest BCUT2D eigenvalue weighted by Gasteiger charge is -2.19. The van der Waals surface area contributed by atoms with Crippen molar-refractivity contribution in [2.75, 3.05) is 6.61 Å². The van der Waals surface area contributed by atoms with Crippen LogP contribution in [0, 0.1) is 0 Å². The zero-order chi connectivity index (χ0) is 39.3. The number of hydrogen-bond donors (Lipinski definition) is 3. The Bertz CT molecular complexity index is 1120. The van der Waals surface area contributed by atoms with Crippen molar-refractivity contribution in [3.63, 3.8) is 0 Å². The Labute approximate surface area is 333 Å². The normalized spacial score (nSPS) is 14.2. The Hall–Kier alpha value is -3.21. The lowest BCUT2D eigenvalue weighted by atomic mass is 10.1. The first kappa shape index (κ1) is 50.8. The van der Waals surface area contributed by atoms with Gasteiger partial charge in [-0.1, -0.05) is 187 Å². The highest BCUT2D eigenvalue weighted by Crippen LogP contribution is 2.10. The Morgan fingerprint density at radius 1 is 0.463 bits per heavy atom. The van der Waals surface area contributed by atoms with Gasteiger partial charge in [-0.25, -0.2) is 0 Å². The third kappa shape index (κ3) is 40.0. The second kappa shape index (κ2) is 44.2. The molecule has 0 rings (SSSR count). The van der Waals surface area contributed by atoms with Gasteiger partial charge in [-0.05, 0) is 96.3 Å². The quantitative estimate of drug-likeness (QED) is 0.0438. The molecule has 0 aromatic rings. The van der Waals surface area contributed by atoms with Gasteiger partial charge in [0.2, 0.25) is 5.91 Å². The molecule has 54 heavy (non-hydrogen) atoms. The van der Waals surface area contributed by atoms with E-state index in [2.05, 4.69) is 129 Å². The van der Waals surface area contributed by atoms with Crippen LogP contribution < -0.4 is 5.32 Å². The van der Waals surface area contributed by atoms with E-state index < -0.39 is 12.1 Å². The van der Waals surface area contributed by atoms with Crippen molar-refractivity contribution in [3.8, 4) is 0 Å². The molecule has 0 aliphatic heterocycles. The van der Waals surface area contributed by atoms with E-state index in [9.17, 15) is 15.0 Å². The maximum absolute atomic E-state index is 12.4. The predicted octanol–water partition coefficient (Wildman–Crippen LogP) is 13.8. The highest BCUT2D eigenvalue weighted by molar-refractivity contribution is 5.76. The number of carbonyl (C=O) groups excluding carboxylic acids is 1. The molecule has 0 spiro atoms. The second-order valence-corrected chi connectivity index (χ2v) is 14.0. The topological polar surface area (TPSA) is 69.6 Å². The van der Waals surface area contributed by atoms with E-state index in [1.807, 2.05) is 6.08 Å². The van der Waals surface area contributed by atoms with Crippen LogP contribution in [0.15, 0.2) is 122 Å². The van der Waals surface area contributed by atoms with Crippen LogP contribution in [0.1, 0.15) is 168 Å². The summed E-state index contributed by atoms with van der Waals surface area (Å²) >= 11 is 0. The van der Waals surface area contributed by atoms with Gasteiger partial charge in [-0.2, -0.15) is 0 Å². The number of allylic oxidation sites excluding steroid dienone is 19. The molecule has 304 valence electrons. The maximum Gasteiger partial charge on any atom is 0.220 e. The zero-order valence-electron chi connectivity index (χ0n) is 34.7. The molecule has 4 heteroatoms. The Morgan fingerprint density at radius 2 is 0.833 bits per heavy atom. The summed E-state index contributed by atoms with van der Waals surface area (Å²) in [6.45, 7) is 4.14. The van der Waals surface area contributed by atoms with Gasteiger partial charge in [0.05, 0.1) is 18.8 Å². The Kier molecular flexibility index (Phi) is 41.6. The first-order chi connectivity index (χ1) is 26.7. The minimum atomic E-state index is -0.881. The standard InChI is InChI=1S/C50H81NO3/c1-3-5-7-9-11-13-15-17-18-19-20-21-22-23-24-25-26-27-28-29-30-31-32-34-36-38-40-42-44-46-50(54)51-48(47-52)49(53)45-43-41-39-37-35-33-16-14-12-10-8-6-4-2/h5,7,11,13,17-18,20-21,23-24,26-27,29-30,32,34-35,37,43,45,48-49,52-53H,3-4,6,8-10,12,14-16,19,22,25,28,31,33,36,38-42,44,46-47H2,1-2H3,(H,51,54)/b7-5-,13-11-,18-17-,21-20-,24-23-,27-26-,30-29-,34-32-,37-35+,45-43+. The van der Waals surface area contributed by atoms with Gasteiger partial charge >= 0.3 is 0 Å². The van der Waals surface area contributed by atoms with Crippen molar-refractivity contribution in [1.82, 2.24) is 5.32 Å². The van der Waals surface area contributed by atoms with E-state index in [4.69, 9.17) is 0 Å². The number of aliphatic hydroxyl groups is 2. The molecule has 0 aromatic carbocycles. The molecule has 0 saturated heterocycles. The fourth-order valence-electron chi connectivity index (χ4n) is 5.62. The van der Waals surface area contributed by atoms with Gasteiger partial charge in [-0.15, -0.1) is 0 Å². The number of amides is 1. The minimum Gasteiger partial charge on any atom is -0.394 e. The molecule has 2 unspecified atom stereocenters. The summed E-state index contributed by atoms with van der Waals surface area (Å²) in [4.78, 5) is 12.4. The van der Waals surface area contributed by atoms with E-state index in [1.54, 1.807) is 6.08 Å². The van der Waals surface area contributed by atoms with Crippen LogP contribution in [0.3, 0.4) is 0 Å². The van der Waals surface area contributed by atoms with Crippen LogP contribution in [-0.4, -0.2) is 34.9 Å². The third-order valence-corrected chi connectivity index (χ3v) is 8.93. The van der Waals surface area contributed by atoms with E-state index in [1.165, 1.54) is 44.9 Å². The summed E-state index contributed by atoms with van der Waals surface area (Å²) in [5.41, 5.74) is 0. The molecule has 0 aliphatic rings. The highest BCUT2D eigenvalue weighted by Gasteiger charge is 2.17. The number of aliphatic hydroxyl groups excluding tert-OH is 2. The SMILES string of the molecule is CC/C=C\C/C=C\C/C=C\C/C=C\C/C=C\C/C=C\C/C=C\C/C=C\CCCCCCC(=O)NC(CO)C(O)/C=C/CC/C=C/CCCCCCCCC. The van der Waals surface area contributed by atoms with Crippen LogP contribution in [0.25, 0.3) is 0 Å². The average molecular weight is 744 g/mol. The molecule has 3 N–H and O–H groups in total. The molecule has 0 radical (unpaired) electrons. The molecule has 2 atom stereocenters. The lowest BCUT2D eigenvalue weighted by Crippen LogP contribution is -2.45. The van der Waals surface area contributed by atoms with Crippen molar-refractivity contribution in [2.45, 2.75) is 180 Å². The van der Waals surface area contributed by atoms with Crippen LogP contribution in [-0.2, 0) is 4.79 Å². The average Bonchev–Trinajstić information content (AvgIpc) is 3.18. The summed E-state index contributed by atoms with van der Waals surface area (Å²) in [7, 11) is 0. The second-order valence-electron chi connectivity index (χ2n) is 14.0. The van der Waals surface area contributed by atoms with Crippen LogP contribution >= 0.6 is 0 Å². The van der Waals surface area contributed by atoms with Crippen molar-refractivity contribution >= 4 is 5.91 Å². The molecule has 0 aliphatic carbocycles. The summed E-state index contributed by atoms with van der Waals surface area (Å²) in [6, 6.07) is -0.661. The molecule has 0 bridgehead atoms. The number of nitrogens with one attached hydrogen (secondary N) is 1.